The predicted molar refractivity (Wildman–Crippen MR) is 156 cm³/mol. The number of rotatable bonds is 7. The first-order chi connectivity index (χ1) is 20.0. The number of thiophene rings is 1. The average molecular weight is 579 g/mol. The quantitative estimate of drug-likeness (QED) is 0.386. The fraction of sp³-hybridized carbons (Fsp3) is 0.500. The van der Waals surface area contributed by atoms with Crippen molar-refractivity contribution in [2.45, 2.75) is 43.7 Å². The molecular weight excluding hydrogens is 544 g/mol. The van der Waals surface area contributed by atoms with Crippen LogP contribution in [0.4, 0.5) is 16.3 Å². The van der Waals surface area contributed by atoms with Crippen LogP contribution in [0.25, 0.3) is 11.1 Å². The van der Waals surface area contributed by atoms with E-state index >= 15 is 0 Å². The molecule has 0 radical (unpaired) electrons. The molecule has 216 valence electrons. The number of nitrogens with zero attached hydrogens (tertiary/aromatic N) is 5. The third kappa shape index (κ3) is 4.97. The van der Waals surface area contributed by atoms with Crippen molar-refractivity contribution in [2.24, 2.45) is 0 Å². The van der Waals surface area contributed by atoms with Crippen LogP contribution in [0.3, 0.4) is 0 Å². The van der Waals surface area contributed by atoms with Crippen molar-refractivity contribution >= 4 is 45.9 Å². The molecular formula is C28H34N8O4S. The van der Waals surface area contributed by atoms with Gasteiger partial charge in [-0.05, 0) is 49.3 Å². The van der Waals surface area contributed by atoms with Crippen LogP contribution in [0, 0.1) is 0 Å². The molecule has 3 aromatic rings. The maximum Gasteiger partial charge on any atom is 0.410 e. The third-order valence-electron chi connectivity index (χ3n) is 8.28. The summed E-state index contributed by atoms with van der Waals surface area (Å²) >= 11 is 1.57. The first-order valence-corrected chi connectivity index (χ1v) is 15.0. The largest absolute Gasteiger partial charge is 0.486 e. The molecule has 3 aromatic heterocycles. The molecule has 3 aliphatic heterocycles. The number of hydrogen-bond donors (Lipinski definition) is 3. The summed E-state index contributed by atoms with van der Waals surface area (Å²) in [7, 11) is 1.38. The van der Waals surface area contributed by atoms with Gasteiger partial charge in [-0.3, -0.25) is 4.79 Å². The Bertz CT molecular complexity index is 1520. The van der Waals surface area contributed by atoms with Crippen molar-refractivity contribution in [3.63, 3.8) is 0 Å². The molecule has 0 aromatic carbocycles. The molecule has 41 heavy (non-hydrogen) atoms. The van der Waals surface area contributed by atoms with Crippen molar-refractivity contribution < 1.29 is 19.1 Å². The van der Waals surface area contributed by atoms with Gasteiger partial charge in [-0.25, -0.2) is 14.3 Å². The molecule has 6 heterocycles. The Morgan fingerprint density at radius 3 is 2.83 bits per heavy atom. The van der Waals surface area contributed by atoms with Crippen LogP contribution in [0.2, 0.25) is 0 Å². The lowest BCUT2D eigenvalue weighted by molar-refractivity contribution is 0.0924. The average Bonchev–Trinajstić information content (AvgIpc) is 3.35. The van der Waals surface area contributed by atoms with Crippen LogP contribution in [-0.2, 0) is 4.74 Å². The molecule has 7 rings (SSSR count). The molecule has 3 fully saturated rings. The Morgan fingerprint density at radius 2 is 2.07 bits per heavy atom. The van der Waals surface area contributed by atoms with Crippen molar-refractivity contribution in [2.75, 3.05) is 57.0 Å². The van der Waals surface area contributed by atoms with Gasteiger partial charge in [0.1, 0.15) is 28.6 Å². The summed E-state index contributed by atoms with van der Waals surface area (Å²) in [6.07, 6.45) is 7.37. The van der Waals surface area contributed by atoms with Crippen LogP contribution < -0.4 is 26.0 Å². The topological polar surface area (TPSA) is 139 Å². The molecule has 2 amide bonds. The number of anilines is 2. The molecule has 2 saturated heterocycles. The van der Waals surface area contributed by atoms with Gasteiger partial charge in [0.25, 0.3) is 5.91 Å². The summed E-state index contributed by atoms with van der Waals surface area (Å²) in [5.74, 6) is 1.59. The smallest absolute Gasteiger partial charge is 0.410 e. The van der Waals surface area contributed by atoms with Crippen LogP contribution in [0.1, 0.15) is 51.8 Å². The first-order valence-electron chi connectivity index (χ1n) is 14.2. The minimum atomic E-state index is -0.367. The van der Waals surface area contributed by atoms with Crippen LogP contribution in [0.15, 0.2) is 24.5 Å². The van der Waals surface area contributed by atoms with E-state index < -0.39 is 0 Å². The highest BCUT2D eigenvalue weighted by Gasteiger charge is 2.33. The minimum absolute atomic E-state index is 0.0364. The zero-order chi connectivity index (χ0) is 28.1. The molecule has 1 aliphatic carbocycles. The van der Waals surface area contributed by atoms with E-state index in [1.807, 2.05) is 6.08 Å². The fourth-order valence-corrected chi connectivity index (χ4v) is 6.99. The van der Waals surface area contributed by atoms with E-state index in [9.17, 15) is 9.59 Å². The van der Waals surface area contributed by atoms with Crippen LogP contribution in [-0.4, -0.2) is 90.0 Å². The number of ether oxygens (including phenoxy) is 2. The summed E-state index contributed by atoms with van der Waals surface area (Å²) in [6.45, 7) is 3.97. The first kappa shape index (κ1) is 26.1. The summed E-state index contributed by atoms with van der Waals surface area (Å²) in [6, 6.07) is 4.11. The number of carbonyl (C=O) groups excluding carboxylic acids is 2. The highest BCUT2D eigenvalue weighted by atomic mass is 32.1. The van der Waals surface area contributed by atoms with Gasteiger partial charge < -0.3 is 35.6 Å². The zero-order valence-corrected chi connectivity index (χ0v) is 23.8. The van der Waals surface area contributed by atoms with Crippen LogP contribution in [0.5, 0.6) is 5.75 Å². The number of carbonyl (C=O) groups is 2. The minimum Gasteiger partial charge on any atom is -0.486 e. The van der Waals surface area contributed by atoms with E-state index in [-0.39, 0.29) is 24.1 Å². The second kappa shape index (κ2) is 10.5. The molecule has 1 atom stereocenters. The molecule has 0 bridgehead atoms. The number of aromatic nitrogens is 3. The van der Waals surface area contributed by atoms with Crippen LogP contribution >= 0.6 is 11.3 Å². The molecule has 12 nitrogen and oxygen atoms in total. The molecule has 0 unspecified atom stereocenters. The van der Waals surface area contributed by atoms with E-state index in [4.69, 9.17) is 15.2 Å². The highest BCUT2D eigenvalue weighted by molar-refractivity contribution is 7.14. The van der Waals surface area contributed by atoms with E-state index in [0.29, 0.717) is 42.0 Å². The second-order valence-corrected chi connectivity index (χ2v) is 12.3. The van der Waals surface area contributed by atoms with Gasteiger partial charge in [0.05, 0.1) is 25.0 Å². The number of piperidine rings is 1. The molecule has 4 N–H and O–H groups in total. The predicted octanol–water partition coefficient (Wildman–Crippen LogP) is 2.47. The third-order valence-corrected chi connectivity index (χ3v) is 9.56. The second-order valence-electron chi connectivity index (χ2n) is 11.2. The Labute approximate surface area is 241 Å². The summed E-state index contributed by atoms with van der Waals surface area (Å²) in [5, 5.41) is 11.0. The van der Waals surface area contributed by atoms with Gasteiger partial charge in [-0.2, -0.15) is 5.10 Å². The lowest BCUT2D eigenvalue weighted by Gasteiger charge is -2.34. The van der Waals surface area contributed by atoms with Crippen molar-refractivity contribution in [3.05, 3.63) is 40.0 Å². The van der Waals surface area contributed by atoms with E-state index in [1.54, 1.807) is 20.8 Å². The van der Waals surface area contributed by atoms with Crippen molar-refractivity contribution in [1.29, 1.82) is 0 Å². The summed E-state index contributed by atoms with van der Waals surface area (Å²) < 4.78 is 12.9. The number of methoxy groups -OCH3 is 1. The van der Waals surface area contributed by atoms with Crippen molar-refractivity contribution in [1.82, 2.24) is 30.1 Å². The number of nitrogen functional groups attached to an aromatic ring is 1. The van der Waals surface area contributed by atoms with Gasteiger partial charge in [0, 0.05) is 43.6 Å². The molecule has 0 spiro atoms. The summed E-state index contributed by atoms with van der Waals surface area (Å²) in [4.78, 5) is 35.7. The summed E-state index contributed by atoms with van der Waals surface area (Å²) in [5.41, 5.74) is 9.85. The van der Waals surface area contributed by atoms with E-state index in [1.165, 1.54) is 31.2 Å². The zero-order valence-electron chi connectivity index (χ0n) is 23.0. The van der Waals surface area contributed by atoms with Gasteiger partial charge in [0.15, 0.2) is 5.82 Å². The Kier molecular flexibility index (Phi) is 6.70. The number of hydrogen-bond acceptors (Lipinski definition) is 10. The van der Waals surface area contributed by atoms with Crippen molar-refractivity contribution in [3.8, 4) is 5.75 Å². The maximum absolute atomic E-state index is 13.6. The lowest BCUT2D eigenvalue weighted by Crippen LogP contribution is -2.50. The number of nitrogens with one attached hydrogen (secondary N) is 2. The Hall–Kier alpha value is -3.84. The van der Waals surface area contributed by atoms with Gasteiger partial charge in [-0.15, -0.1) is 11.3 Å². The highest BCUT2D eigenvalue weighted by Crippen LogP contribution is 2.46. The van der Waals surface area contributed by atoms with Gasteiger partial charge in [-0.1, -0.05) is 6.08 Å². The number of nitrogens with two attached hydrogens (primary N) is 1. The monoisotopic (exact) mass is 578 g/mol. The Balaban J connectivity index is 1.11. The van der Waals surface area contributed by atoms with E-state index in [0.717, 1.165) is 54.9 Å². The van der Waals surface area contributed by atoms with Gasteiger partial charge >= 0.3 is 6.09 Å². The van der Waals surface area contributed by atoms with Gasteiger partial charge in [0.2, 0.25) is 0 Å². The SMILES string of the molecule is COC(=O)N1CC=C(c2cc(N3CCC[C@@H](NC(=O)c4sc(C5CC5)cc4OC4CNC4)C3)c3c(N)ncnn23)C1. The molecule has 1 saturated carbocycles. The standard InChI is InChI=1S/C28H34N8O4S/c1-39-28(38)35-8-6-17(13-35)20-9-21(24-26(29)31-15-32-36(20)24)34-7-2-3-18(14-34)33-27(37)25-22(40-19-11-30-12-19)10-23(41-25)16-4-5-16/h6,9-10,15-16,18-19,30H,2-5,7-8,11-14H2,1H3,(H,33,37)(H2,29,31,32)/t18-/m1/s1. The molecule has 13 heteroatoms. The number of fused-ring (bicyclic) bond motifs is 1. The Morgan fingerprint density at radius 1 is 1.22 bits per heavy atom. The maximum atomic E-state index is 13.6. The lowest BCUT2D eigenvalue weighted by atomic mass is 10.0. The normalized spacial score (nSPS) is 21.1. The number of amides is 2. The molecule has 4 aliphatic rings. The fourth-order valence-electron chi connectivity index (χ4n) is 5.82. The van der Waals surface area contributed by atoms with E-state index in [2.05, 4.69) is 37.7 Å².